The topological polar surface area (TPSA) is 46.9 Å². The van der Waals surface area contributed by atoms with E-state index in [1.807, 2.05) is 24.3 Å². The van der Waals surface area contributed by atoms with Crippen molar-refractivity contribution in [1.29, 1.82) is 0 Å². The Morgan fingerprint density at radius 2 is 2.10 bits per heavy atom. The van der Waals surface area contributed by atoms with E-state index in [2.05, 4.69) is 32.9 Å². The van der Waals surface area contributed by atoms with Crippen molar-refractivity contribution in [2.24, 2.45) is 0 Å². The first-order chi connectivity index (χ1) is 9.61. The molecule has 0 spiro atoms. The second-order valence-electron chi connectivity index (χ2n) is 4.13. The van der Waals surface area contributed by atoms with Crippen LogP contribution in [0.1, 0.15) is 5.56 Å². The third kappa shape index (κ3) is 3.49. The molecule has 0 aliphatic rings. The van der Waals surface area contributed by atoms with Crippen LogP contribution in [0.25, 0.3) is 0 Å². The van der Waals surface area contributed by atoms with Crippen molar-refractivity contribution in [2.45, 2.75) is 13.1 Å². The van der Waals surface area contributed by atoms with Gasteiger partial charge in [0.1, 0.15) is 5.02 Å². The lowest BCUT2D eigenvalue weighted by Crippen LogP contribution is -2.23. The van der Waals surface area contributed by atoms with Gasteiger partial charge in [-0.3, -0.25) is 4.79 Å². The average molecular weight is 355 g/mol. The molecule has 0 radical (unpaired) electrons. The van der Waals surface area contributed by atoms with Crippen molar-refractivity contribution >= 4 is 33.2 Å². The van der Waals surface area contributed by atoms with Crippen molar-refractivity contribution in [3.63, 3.8) is 0 Å². The highest BCUT2D eigenvalue weighted by Gasteiger charge is 2.08. The molecule has 6 heteroatoms. The highest BCUT2D eigenvalue weighted by molar-refractivity contribution is 9.10. The molecule has 1 heterocycles. The molecule has 4 nitrogen and oxygen atoms in total. The van der Waals surface area contributed by atoms with Crippen molar-refractivity contribution in [1.82, 2.24) is 9.78 Å². The van der Waals surface area contributed by atoms with Crippen LogP contribution in [-0.4, -0.2) is 9.78 Å². The highest BCUT2D eigenvalue weighted by atomic mass is 79.9. The van der Waals surface area contributed by atoms with E-state index in [1.54, 1.807) is 12.3 Å². The first kappa shape index (κ1) is 14.8. The van der Waals surface area contributed by atoms with Gasteiger partial charge in [0.2, 0.25) is 0 Å². The predicted octanol–water partition coefficient (Wildman–Crippen LogP) is 3.46. The maximum atomic E-state index is 11.9. The minimum absolute atomic E-state index is 0.138. The Bertz CT molecular complexity index is 667. The fraction of sp³-hybridized carbons (Fsp3) is 0.143. The molecule has 2 aromatic rings. The third-order valence-electron chi connectivity index (χ3n) is 2.68. The van der Waals surface area contributed by atoms with E-state index in [-0.39, 0.29) is 10.6 Å². The van der Waals surface area contributed by atoms with Crippen LogP contribution in [0.4, 0.5) is 5.69 Å². The Morgan fingerprint density at radius 3 is 2.75 bits per heavy atom. The van der Waals surface area contributed by atoms with Crippen LogP contribution in [0.2, 0.25) is 5.02 Å². The SMILES string of the molecule is C=CCn1ncc(NCc2ccc(Br)cc2)c(Cl)c1=O. The van der Waals surface area contributed by atoms with Crippen LogP contribution < -0.4 is 10.9 Å². The van der Waals surface area contributed by atoms with Gasteiger partial charge in [-0.1, -0.05) is 45.7 Å². The molecule has 104 valence electrons. The highest BCUT2D eigenvalue weighted by Crippen LogP contribution is 2.17. The molecule has 20 heavy (non-hydrogen) atoms. The number of halogens is 2. The van der Waals surface area contributed by atoms with Gasteiger partial charge in [0.05, 0.1) is 18.4 Å². The van der Waals surface area contributed by atoms with Gasteiger partial charge in [0.15, 0.2) is 0 Å². The fourth-order valence-corrected chi connectivity index (χ4v) is 2.12. The minimum atomic E-state index is -0.327. The van der Waals surface area contributed by atoms with Crippen molar-refractivity contribution in [3.05, 3.63) is 68.5 Å². The average Bonchev–Trinajstić information content (AvgIpc) is 2.45. The molecule has 1 aromatic heterocycles. The number of anilines is 1. The molecule has 1 aromatic carbocycles. The maximum Gasteiger partial charge on any atom is 0.287 e. The van der Waals surface area contributed by atoms with E-state index in [0.29, 0.717) is 18.8 Å². The molecular weight excluding hydrogens is 342 g/mol. The first-order valence-electron chi connectivity index (χ1n) is 5.96. The zero-order chi connectivity index (χ0) is 14.5. The molecule has 0 bridgehead atoms. The van der Waals surface area contributed by atoms with E-state index < -0.39 is 0 Å². The van der Waals surface area contributed by atoms with Crippen molar-refractivity contribution < 1.29 is 0 Å². The van der Waals surface area contributed by atoms with E-state index in [1.165, 1.54) is 4.68 Å². The zero-order valence-corrected chi connectivity index (χ0v) is 13.0. The van der Waals surface area contributed by atoms with Gasteiger partial charge in [-0.15, -0.1) is 6.58 Å². The molecule has 2 rings (SSSR count). The second-order valence-corrected chi connectivity index (χ2v) is 5.42. The number of rotatable bonds is 5. The molecule has 0 saturated heterocycles. The lowest BCUT2D eigenvalue weighted by atomic mass is 10.2. The molecule has 0 unspecified atom stereocenters. The predicted molar refractivity (Wildman–Crippen MR) is 85.2 cm³/mol. The van der Waals surface area contributed by atoms with Gasteiger partial charge in [0, 0.05) is 11.0 Å². The van der Waals surface area contributed by atoms with Gasteiger partial charge < -0.3 is 5.32 Å². The fourth-order valence-electron chi connectivity index (χ4n) is 1.64. The Labute approximate surface area is 130 Å². The van der Waals surface area contributed by atoms with Crippen LogP contribution in [-0.2, 0) is 13.1 Å². The van der Waals surface area contributed by atoms with Crippen LogP contribution in [0, 0.1) is 0 Å². The summed E-state index contributed by atoms with van der Waals surface area (Å²) in [6.45, 7) is 4.48. The number of nitrogens with one attached hydrogen (secondary N) is 1. The summed E-state index contributed by atoms with van der Waals surface area (Å²) < 4.78 is 2.29. The van der Waals surface area contributed by atoms with Gasteiger partial charge in [-0.05, 0) is 17.7 Å². The molecule has 0 atom stereocenters. The van der Waals surface area contributed by atoms with E-state index in [4.69, 9.17) is 11.6 Å². The van der Waals surface area contributed by atoms with Crippen LogP contribution in [0.15, 0.2) is 52.4 Å². The largest absolute Gasteiger partial charge is 0.378 e. The van der Waals surface area contributed by atoms with E-state index in [0.717, 1.165) is 10.0 Å². The van der Waals surface area contributed by atoms with Gasteiger partial charge in [0.25, 0.3) is 5.56 Å². The molecule has 0 fully saturated rings. The second kappa shape index (κ2) is 6.72. The molecule has 0 saturated carbocycles. The molecule has 0 amide bonds. The summed E-state index contributed by atoms with van der Waals surface area (Å²) >= 11 is 9.43. The Kier molecular flexibility index (Phi) is 4.98. The minimum Gasteiger partial charge on any atom is -0.378 e. The monoisotopic (exact) mass is 353 g/mol. The molecule has 1 N–H and O–H groups in total. The summed E-state index contributed by atoms with van der Waals surface area (Å²) in [6, 6.07) is 7.88. The summed E-state index contributed by atoms with van der Waals surface area (Å²) in [7, 11) is 0. The standard InChI is InChI=1S/C14H13BrClN3O/c1-2-7-19-14(20)13(16)12(9-18-19)17-8-10-3-5-11(15)6-4-10/h2-6,9,17H,1,7-8H2. The van der Waals surface area contributed by atoms with Gasteiger partial charge in [-0.2, -0.15) is 5.10 Å². The Balaban J connectivity index is 2.14. The maximum absolute atomic E-state index is 11.9. The summed E-state index contributed by atoms with van der Waals surface area (Å²) in [6.07, 6.45) is 3.14. The third-order valence-corrected chi connectivity index (χ3v) is 3.58. The normalized spacial score (nSPS) is 10.3. The van der Waals surface area contributed by atoms with Crippen LogP contribution in [0.5, 0.6) is 0 Å². The smallest absolute Gasteiger partial charge is 0.287 e. The summed E-state index contributed by atoms with van der Waals surface area (Å²) in [4.78, 5) is 11.9. The Hall–Kier alpha value is -1.59. The molecule has 0 aliphatic heterocycles. The Morgan fingerprint density at radius 1 is 1.40 bits per heavy atom. The number of hydrogen-bond donors (Lipinski definition) is 1. The van der Waals surface area contributed by atoms with E-state index >= 15 is 0 Å². The molecule has 0 aliphatic carbocycles. The van der Waals surface area contributed by atoms with Crippen LogP contribution >= 0.6 is 27.5 Å². The van der Waals surface area contributed by atoms with Gasteiger partial charge >= 0.3 is 0 Å². The lowest BCUT2D eigenvalue weighted by Gasteiger charge is -2.09. The number of nitrogens with zero attached hydrogens (tertiary/aromatic N) is 2. The number of hydrogen-bond acceptors (Lipinski definition) is 3. The summed E-state index contributed by atoms with van der Waals surface area (Å²) in [5, 5.41) is 7.28. The number of aromatic nitrogens is 2. The van der Waals surface area contributed by atoms with Crippen LogP contribution in [0.3, 0.4) is 0 Å². The number of benzene rings is 1. The quantitative estimate of drug-likeness (QED) is 0.837. The number of allylic oxidation sites excluding steroid dienone is 1. The first-order valence-corrected chi connectivity index (χ1v) is 7.13. The van der Waals surface area contributed by atoms with Gasteiger partial charge in [-0.25, -0.2) is 4.68 Å². The molecular formula is C14H13BrClN3O. The summed E-state index contributed by atoms with van der Waals surface area (Å²) in [5.74, 6) is 0. The lowest BCUT2D eigenvalue weighted by molar-refractivity contribution is 0.653. The van der Waals surface area contributed by atoms with Crippen molar-refractivity contribution in [2.75, 3.05) is 5.32 Å². The van der Waals surface area contributed by atoms with E-state index in [9.17, 15) is 4.79 Å². The van der Waals surface area contributed by atoms with Crippen molar-refractivity contribution in [3.8, 4) is 0 Å². The zero-order valence-electron chi connectivity index (χ0n) is 10.6. The summed E-state index contributed by atoms with van der Waals surface area (Å²) in [5.41, 5.74) is 1.28.